The predicted molar refractivity (Wildman–Crippen MR) is 104 cm³/mol. The molecular weight excluding hydrogens is 383 g/mol. The third-order valence-corrected chi connectivity index (χ3v) is 4.96. The second kappa shape index (κ2) is 9.32. The Morgan fingerprint density at radius 2 is 2.14 bits per heavy atom. The molecule has 3 amide bonds. The summed E-state index contributed by atoms with van der Waals surface area (Å²) >= 11 is 0.790. The Balaban J connectivity index is 1.45. The number of halogens is 1. The molecule has 0 atom stereocenters. The number of carbonyl (C=O) groups excluding carboxylic acids is 3. The van der Waals surface area contributed by atoms with E-state index in [4.69, 9.17) is 0 Å². The number of aryl methyl sites for hydroxylation is 1. The first-order valence-electron chi connectivity index (χ1n) is 8.76. The summed E-state index contributed by atoms with van der Waals surface area (Å²) in [6, 6.07) is 5.76. The van der Waals surface area contributed by atoms with Gasteiger partial charge in [0.1, 0.15) is 5.82 Å². The van der Waals surface area contributed by atoms with Gasteiger partial charge < -0.3 is 9.88 Å². The number of thioether (sulfide) groups is 1. The highest BCUT2D eigenvalue weighted by molar-refractivity contribution is 8.18. The third-order valence-electron chi connectivity index (χ3n) is 4.06. The second-order valence-electron chi connectivity index (χ2n) is 6.14. The van der Waals surface area contributed by atoms with Crippen LogP contribution in [0.4, 0.5) is 9.18 Å². The van der Waals surface area contributed by atoms with Gasteiger partial charge >= 0.3 is 0 Å². The summed E-state index contributed by atoms with van der Waals surface area (Å²) in [5, 5.41) is 2.34. The highest BCUT2D eigenvalue weighted by atomic mass is 32.2. The molecular formula is C19H19FN4O3S. The summed E-state index contributed by atoms with van der Waals surface area (Å²) < 4.78 is 15.2. The van der Waals surface area contributed by atoms with Crippen molar-refractivity contribution in [2.24, 2.45) is 0 Å². The van der Waals surface area contributed by atoms with Crippen molar-refractivity contribution in [2.75, 3.05) is 13.1 Å². The molecule has 0 radical (unpaired) electrons. The lowest BCUT2D eigenvalue weighted by Gasteiger charge is -2.12. The Kier molecular flexibility index (Phi) is 6.59. The molecule has 28 heavy (non-hydrogen) atoms. The lowest BCUT2D eigenvalue weighted by Crippen LogP contribution is -2.34. The molecule has 9 heteroatoms. The lowest BCUT2D eigenvalue weighted by molar-refractivity contribution is -0.124. The Hall–Kier alpha value is -2.94. The van der Waals surface area contributed by atoms with Crippen molar-refractivity contribution in [3.8, 4) is 0 Å². The minimum atomic E-state index is -0.466. The van der Waals surface area contributed by atoms with E-state index in [-0.39, 0.29) is 23.8 Å². The van der Waals surface area contributed by atoms with Crippen LogP contribution in [0.15, 0.2) is 47.9 Å². The molecule has 0 aliphatic carbocycles. The first kappa shape index (κ1) is 19.8. The number of hydrogen-bond acceptors (Lipinski definition) is 5. The van der Waals surface area contributed by atoms with Crippen molar-refractivity contribution in [3.63, 3.8) is 0 Å². The van der Waals surface area contributed by atoms with Crippen LogP contribution in [0.3, 0.4) is 0 Å². The summed E-state index contributed by atoms with van der Waals surface area (Å²) in [7, 11) is 0. The minimum absolute atomic E-state index is 0.0124. The monoisotopic (exact) mass is 402 g/mol. The van der Waals surface area contributed by atoms with Gasteiger partial charge in [0.25, 0.3) is 11.1 Å². The molecule has 0 unspecified atom stereocenters. The molecule has 3 rings (SSSR count). The standard InChI is InChI=1S/C19H19FN4O3S/c20-15-4-1-3-14(11-15)12-16-18(26)24(19(27)28-16)9-5-17(25)22-6-2-8-23-10-7-21-13-23/h1,3-4,7,10-13H,2,5-6,8-9H2,(H,22,25)/b16-12-. The molecule has 0 bridgehead atoms. The Morgan fingerprint density at radius 3 is 2.89 bits per heavy atom. The van der Waals surface area contributed by atoms with Crippen LogP contribution >= 0.6 is 11.8 Å². The molecule has 1 N–H and O–H groups in total. The van der Waals surface area contributed by atoms with Crippen molar-refractivity contribution in [1.29, 1.82) is 0 Å². The number of nitrogens with one attached hydrogen (secondary N) is 1. The second-order valence-corrected chi connectivity index (χ2v) is 7.14. The molecule has 2 heterocycles. The molecule has 1 saturated heterocycles. The molecule has 0 saturated carbocycles. The first-order chi connectivity index (χ1) is 13.5. The van der Waals surface area contributed by atoms with E-state index >= 15 is 0 Å². The van der Waals surface area contributed by atoms with Crippen LogP contribution in [0, 0.1) is 5.82 Å². The maximum absolute atomic E-state index is 13.3. The number of imidazole rings is 1. The van der Waals surface area contributed by atoms with E-state index in [1.165, 1.54) is 24.3 Å². The first-order valence-corrected chi connectivity index (χ1v) is 9.58. The smallest absolute Gasteiger partial charge is 0.293 e. The quantitative estimate of drug-likeness (QED) is 0.542. The van der Waals surface area contributed by atoms with Gasteiger partial charge in [0.15, 0.2) is 0 Å². The van der Waals surface area contributed by atoms with Crippen LogP contribution in [0.25, 0.3) is 6.08 Å². The largest absolute Gasteiger partial charge is 0.356 e. The summed E-state index contributed by atoms with van der Waals surface area (Å²) in [6.45, 7) is 1.26. The van der Waals surface area contributed by atoms with Gasteiger partial charge in [-0.15, -0.1) is 0 Å². The number of imide groups is 1. The van der Waals surface area contributed by atoms with Gasteiger partial charge in [-0.1, -0.05) is 12.1 Å². The maximum atomic E-state index is 13.3. The number of hydrogen-bond donors (Lipinski definition) is 1. The summed E-state index contributed by atoms with van der Waals surface area (Å²) in [5.41, 5.74) is 0.501. The number of carbonyl (C=O) groups is 3. The number of nitrogens with zero attached hydrogens (tertiary/aromatic N) is 3. The average Bonchev–Trinajstić information content (AvgIpc) is 3.26. The fraction of sp³-hybridized carbons (Fsp3) is 0.263. The van der Waals surface area contributed by atoms with E-state index in [0.717, 1.165) is 29.6 Å². The molecule has 7 nitrogen and oxygen atoms in total. The van der Waals surface area contributed by atoms with Crippen LogP contribution in [-0.4, -0.2) is 44.6 Å². The van der Waals surface area contributed by atoms with Crippen LogP contribution in [0.2, 0.25) is 0 Å². The van der Waals surface area contributed by atoms with E-state index in [2.05, 4.69) is 10.3 Å². The molecule has 2 aromatic rings. The summed E-state index contributed by atoms with van der Waals surface area (Å²) in [5.74, 6) is -1.11. The zero-order valence-electron chi connectivity index (χ0n) is 15.0. The van der Waals surface area contributed by atoms with Crippen molar-refractivity contribution >= 4 is 34.9 Å². The van der Waals surface area contributed by atoms with Crippen LogP contribution in [0.1, 0.15) is 18.4 Å². The highest BCUT2D eigenvalue weighted by Gasteiger charge is 2.34. The summed E-state index contributed by atoms with van der Waals surface area (Å²) in [4.78, 5) is 41.6. The van der Waals surface area contributed by atoms with Gasteiger partial charge in [-0.25, -0.2) is 9.37 Å². The normalized spacial score (nSPS) is 15.5. The predicted octanol–water partition coefficient (Wildman–Crippen LogP) is 2.66. The SMILES string of the molecule is O=C(CCN1C(=O)S/C(=C\c2cccc(F)c2)C1=O)NCCCn1ccnc1. The number of rotatable bonds is 8. The van der Waals surface area contributed by atoms with Crippen molar-refractivity contribution in [3.05, 3.63) is 59.3 Å². The molecule has 1 aromatic heterocycles. The number of aromatic nitrogens is 2. The van der Waals surface area contributed by atoms with E-state index < -0.39 is 17.0 Å². The highest BCUT2D eigenvalue weighted by Crippen LogP contribution is 2.32. The fourth-order valence-corrected chi connectivity index (χ4v) is 3.52. The fourth-order valence-electron chi connectivity index (χ4n) is 2.65. The van der Waals surface area contributed by atoms with Gasteiger partial charge in [0.05, 0.1) is 11.2 Å². The molecule has 1 aliphatic rings. The van der Waals surface area contributed by atoms with Gasteiger partial charge in [-0.3, -0.25) is 19.3 Å². The molecule has 1 aromatic carbocycles. The average molecular weight is 402 g/mol. The Bertz CT molecular complexity index is 898. The Morgan fingerprint density at radius 1 is 1.29 bits per heavy atom. The number of amides is 3. The third kappa shape index (κ3) is 5.29. The zero-order chi connectivity index (χ0) is 19.9. The van der Waals surface area contributed by atoms with E-state index in [9.17, 15) is 18.8 Å². The van der Waals surface area contributed by atoms with Gasteiger partial charge in [0, 0.05) is 38.4 Å². The minimum Gasteiger partial charge on any atom is -0.356 e. The lowest BCUT2D eigenvalue weighted by atomic mass is 10.2. The van der Waals surface area contributed by atoms with Crippen molar-refractivity contribution in [1.82, 2.24) is 19.8 Å². The molecule has 146 valence electrons. The van der Waals surface area contributed by atoms with E-state index in [1.54, 1.807) is 18.6 Å². The maximum Gasteiger partial charge on any atom is 0.293 e. The zero-order valence-corrected chi connectivity index (χ0v) is 15.8. The van der Waals surface area contributed by atoms with Crippen LogP contribution < -0.4 is 5.32 Å². The van der Waals surface area contributed by atoms with Crippen molar-refractivity contribution < 1.29 is 18.8 Å². The van der Waals surface area contributed by atoms with Crippen molar-refractivity contribution in [2.45, 2.75) is 19.4 Å². The number of benzene rings is 1. The van der Waals surface area contributed by atoms with Gasteiger partial charge in [0.2, 0.25) is 5.91 Å². The topological polar surface area (TPSA) is 84.3 Å². The van der Waals surface area contributed by atoms with Crippen LogP contribution in [0.5, 0.6) is 0 Å². The van der Waals surface area contributed by atoms with E-state index in [1.807, 2.05) is 10.8 Å². The molecule has 0 spiro atoms. The van der Waals surface area contributed by atoms with Gasteiger partial charge in [-0.05, 0) is 42.0 Å². The molecule has 1 aliphatic heterocycles. The van der Waals surface area contributed by atoms with E-state index in [0.29, 0.717) is 12.1 Å². The van der Waals surface area contributed by atoms with Gasteiger partial charge in [-0.2, -0.15) is 0 Å². The Labute approximate surface area is 165 Å². The van der Waals surface area contributed by atoms with Crippen LogP contribution in [-0.2, 0) is 16.1 Å². The summed E-state index contributed by atoms with van der Waals surface area (Å²) in [6.07, 6.45) is 7.51. The molecule has 1 fully saturated rings.